The lowest BCUT2D eigenvalue weighted by molar-refractivity contribution is -0.384. The third-order valence-electron chi connectivity index (χ3n) is 2.99. The zero-order valence-electron chi connectivity index (χ0n) is 10.2. The van der Waals surface area contributed by atoms with Gasteiger partial charge in [0.05, 0.1) is 23.5 Å². The lowest BCUT2D eigenvalue weighted by atomic mass is 10.2. The van der Waals surface area contributed by atoms with Gasteiger partial charge in [-0.2, -0.15) is 0 Å². The maximum atomic E-state index is 10.6. The first-order chi connectivity index (χ1) is 8.72. The van der Waals surface area contributed by atoms with Crippen LogP contribution in [0.5, 0.6) is 0 Å². The van der Waals surface area contributed by atoms with E-state index >= 15 is 0 Å². The summed E-state index contributed by atoms with van der Waals surface area (Å²) in [5.74, 6) is 0. The highest BCUT2D eigenvalue weighted by Crippen LogP contribution is 2.31. The SMILES string of the molecule is CSC(c1ccc([N+](=O)[O-])cc1)N1CCOCC1. The van der Waals surface area contributed by atoms with Crippen molar-refractivity contribution in [3.05, 3.63) is 39.9 Å². The Morgan fingerprint density at radius 2 is 1.94 bits per heavy atom. The molecule has 2 rings (SSSR count). The van der Waals surface area contributed by atoms with E-state index in [1.54, 1.807) is 23.9 Å². The molecule has 0 saturated carbocycles. The molecular weight excluding hydrogens is 252 g/mol. The summed E-state index contributed by atoms with van der Waals surface area (Å²) in [6.07, 6.45) is 2.06. The Morgan fingerprint density at radius 1 is 1.33 bits per heavy atom. The van der Waals surface area contributed by atoms with Gasteiger partial charge in [-0.3, -0.25) is 15.0 Å². The van der Waals surface area contributed by atoms with E-state index in [2.05, 4.69) is 11.2 Å². The van der Waals surface area contributed by atoms with Crippen LogP contribution in [0, 0.1) is 10.1 Å². The van der Waals surface area contributed by atoms with Crippen LogP contribution in [0.3, 0.4) is 0 Å². The average molecular weight is 268 g/mol. The maximum absolute atomic E-state index is 10.6. The van der Waals surface area contributed by atoms with Crippen LogP contribution >= 0.6 is 11.8 Å². The second kappa shape index (κ2) is 6.17. The summed E-state index contributed by atoms with van der Waals surface area (Å²) in [5.41, 5.74) is 1.25. The van der Waals surface area contributed by atoms with Crippen molar-refractivity contribution >= 4 is 17.4 Å². The topological polar surface area (TPSA) is 55.6 Å². The standard InChI is InChI=1S/C12H16N2O3S/c1-18-12(13-6-8-17-9-7-13)10-2-4-11(5-3-10)14(15)16/h2-5,12H,6-9H2,1H3. The summed E-state index contributed by atoms with van der Waals surface area (Å²) in [6.45, 7) is 3.32. The minimum Gasteiger partial charge on any atom is -0.379 e. The molecule has 1 atom stereocenters. The molecule has 0 aromatic heterocycles. The van der Waals surface area contributed by atoms with Crippen molar-refractivity contribution in [3.8, 4) is 0 Å². The molecule has 1 heterocycles. The number of nitro groups is 1. The van der Waals surface area contributed by atoms with Crippen molar-refractivity contribution in [2.45, 2.75) is 5.37 Å². The van der Waals surface area contributed by atoms with E-state index in [0.717, 1.165) is 31.9 Å². The molecule has 0 aliphatic carbocycles. The Bertz CT molecular complexity index is 404. The third-order valence-corrected chi connectivity index (χ3v) is 4.01. The highest BCUT2D eigenvalue weighted by Gasteiger charge is 2.22. The smallest absolute Gasteiger partial charge is 0.269 e. The van der Waals surface area contributed by atoms with Crippen molar-refractivity contribution in [1.29, 1.82) is 0 Å². The molecule has 1 aliphatic rings. The molecule has 18 heavy (non-hydrogen) atoms. The van der Waals surface area contributed by atoms with Gasteiger partial charge in [0.2, 0.25) is 0 Å². The molecule has 1 aromatic carbocycles. The highest BCUT2D eigenvalue weighted by molar-refractivity contribution is 7.98. The van der Waals surface area contributed by atoms with Gasteiger partial charge in [0.1, 0.15) is 0 Å². The van der Waals surface area contributed by atoms with E-state index < -0.39 is 0 Å². The average Bonchev–Trinajstić information content (AvgIpc) is 2.41. The predicted molar refractivity (Wildman–Crippen MR) is 71.7 cm³/mol. The van der Waals surface area contributed by atoms with E-state index in [9.17, 15) is 10.1 Å². The Kier molecular flexibility index (Phi) is 4.57. The van der Waals surface area contributed by atoms with Gasteiger partial charge in [0, 0.05) is 25.2 Å². The molecule has 1 saturated heterocycles. The Labute approximate surface area is 110 Å². The van der Waals surface area contributed by atoms with Crippen molar-refractivity contribution in [2.24, 2.45) is 0 Å². The van der Waals surface area contributed by atoms with Crippen LogP contribution in [0.1, 0.15) is 10.9 Å². The van der Waals surface area contributed by atoms with Gasteiger partial charge in [0.15, 0.2) is 0 Å². The number of morpholine rings is 1. The van der Waals surface area contributed by atoms with Crippen LogP contribution in [-0.2, 0) is 4.74 Å². The van der Waals surface area contributed by atoms with Crippen LogP contribution in [0.4, 0.5) is 5.69 Å². The van der Waals surface area contributed by atoms with Gasteiger partial charge < -0.3 is 4.74 Å². The van der Waals surface area contributed by atoms with Crippen LogP contribution < -0.4 is 0 Å². The molecule has 0 radical (unpaired) electrons. The monoisotopic (exact) mass is 268 g/mol. The molecule has 98 valence electrons. The van der Waals surface area contributed by atoms with Crippen LogP contribution in [0.25, 0.3) is 0 Å². The number of nitro benzene ring substituents is 1. The van der Waals surface area contributed by atoms with Crippen LogP contribution in [0.15, 0.2) is 24.3 Å². The molecule has 6 heteroatoms. The molecule has 1 unspecified atom stereocenters. The zero-order valence-corrected chi connectivity index (χ0v) is 11.1. The van der Waals surface area contributed by atoms with E-state index in [1.807, 2.05) is 12.1 Å². The fraction of sp³-hybridized carbons (Fsp3) is 0.500. The van der Waals surface area contributed by atoms with Crippen molar-refractivity contribution in [1.82, 2.24) is 4.90 Å². The summed E-state index contributed by atoms with van der Waals surface area (Å²) in [6, 6.07) is 6.82. The summed E-state index contributed by atoms with van der Waals surface area (Å²) in [5, 5.41) is 10.9. The lowest BCUT2D eigenvalue weighted by Gasteiger charge is -2.33. The summed E-state index contributed by atoms with van der Waals surface area (Å²) >= 11 is 1.74. The Balaban J connectivity index is 2.13. The van der Waals surface area contributed by atoms with Gasteiger partial charge in [0.25, 0.3) is 5.69 Å². The van der Waals surface area contributed by atoms with Gasteiger partial charge in [-0.05, 0) is 24.0 Å². The number of hydrogen-bond donors (Lipinski definition) is 0. The summed E-state index contributed by atoms with van der Waals surface area (Å²) in [7, 11) is 0. The number of hydrogen-bond acceptors (Lipinski definition) is 5. The number of benzene rings is 1. The fourth-order valence-corrected chi connectivity index (χ4v) is 3.01. The number of ether oxygens (including phenoxy) is 1. The van der Waals surface area contributed by atoms with Gasteiger partial charge in [-0.15, -0.1) is 11.8 Å². The maximum Gasteiger partial charge on any atom is 0.269 e. The minimum atomic E-state index is -0.368. The fourth-order valence-electron chi connectivity index (χ4n) is 2.07. The first-order valence-electron chi connectivity index (χ1n) is 5.81. The van der Waals surface area contributed by atoms with E-state index in [0.29, 0.717) is 0 Å². The minimum absolute atomic E-state index is 0.139. The Morgan fingerprint density at radius 3 is 2.44 bits per heavy atom. The first kappa shape index (κ1) is 13.3. The Hall–Kier alpha value is -1.11. The van der Waals surface area contributed by atoms with Gasteiger partial charge in [-0.25, -0.2) is 0 Å². The van der Waals surface area contributed by atoms with Crippen molar-refractivity contribution < 1.29 is 9.66 Å². The van der Waals surface area contributed by atoms with Crippen molar-refractivity contribution in [2.75, 3.05) is 32.6 Å². The van der Waals surface area contributed by atoms with Gasteiger partial charge >= 0.3 is 0 Å². The van der Waals surface area contributed by atoms with Crippen LogP contribution in [-0.4, -0.2) is 42.4 Å². The number of nitrogens with zero attached hydrogens (tertiary/aromatic N) is 2. The van der Waals surface area contributed by atoms with E-state index in [1.165, 1.54) is 0 Å². The molecule has 5 nitrogen and oxygen atoms in total. The quantitative estimate of drug-likeness (QED) is 0.619. The molecule has 0 bridgehead atoms. The molecule has 1 fully saturated rings. The van der Waals surface area contributed by atoms with Crippen LogP contribution in [0.2, 0.25) is 0 Å². The number of rotatable bonds is 4. The number of non-ortho nitro benzene ring substituents is 1. The largest absolute Gasteiger partial charge is 0.379 e. The van der Waals surface area contributed by atoms with E-state index in [-0.39, 0.29) is 16.0 Å². The van der Waals surface area contributed by atoms with E-state index in [4.69, 9.17) is 4.74 Å². The lowest BCUT2D eigenvalue weighted by Crippen LogP contribution is -2.37. The van der Waals surface area contributed by atoms with Gasteiger partial charge in [-0.1, -0.05) is 0 Å². The molecule has 1 aliphatic heterocycles. The highest BCUT2D eigenvalue weighted by atomic mass is 32.2. The molecule has 1 aromatic rings. The first-order valence-corrected chi connectivity index (χ1v) is 7.10. The summed E-state index contributed by atoms with van der Waals surface area (Å²) in [4.78, 5) is 12.6. The normalized spacial score (nSPS) is 18.5. The molecule has 0 N–H and O–H groups in total. The summed E-state index contributed by atoms with van der Waals surface area (Å²) < 4.78 is 5.34. The third kappa shape index (κ3) is 3.01. The molecule has 0 spiro atoms. The molecular formula is C12H16N2O3S. The second-order valence-electron chi connectivity index (χ2n) is 4.09. The van der Waals surface area contributed by atoms with Crippen molar-refractivity contribution in [3.63, 3.8) is 0 Å². The predicted octanol–water partition coefficient (Wildman–Crippen LogP) is 2.29. The zero-order chi connectivity index (χ0) is 13.0. The molecule has 0 amide bonds. The second-order valence-corrected chi connectivity index (χ2v) is 5.00. The number of thioether (sulfide) groups is 1.